The van der Waals surface area contributed by atoms with Gasteiger partial charge in [-0.1, -0.05) is 0 Å². The van der Waals surface area contributed by atoms with E-state index >= 15 is 0 Å². The molecule has 1 aromatic carbocycles. The Morgan fingerprint density at radius 1 is 1.37 bits per heavy atom. The first-order valence-corrected chi connectivity index (χ1v) is 5.64. The number of alkyl halides is 3. The van der Waals surface area contributed by atoms with Crippen LogP contribution in [0.25, 0.3) is 0 Å². The van der Waals surface area contributed by atoms with Crippen LogP contribution in [0.3, 0.4) is 0 Å². The molecular weight excluding hydrogens is 266 g/mol. The monoisotopic (exact) mass is 277 g/mol. The summed E-state index contributed by atoms with van der Waals surface area (Å²) in [6.07, 6.45) is -3.27. The Morgan fingerprint density at radius 3 is 2.42 bits per heavy atom. The standard InChI is InChI=1S/C12H11F4NO2/c13-9-5-7(11(18)19)1-4-10(9)17(8-2-3-8)6-12(14,15)16/h1,4-5,8H,2-3,6H2,(H,18,19). The number of hydrogen-bond acceptors (Lipinski definition) is 2. The van der Waals surface area contributed by atoms with Crippen LogP contribution < -0.4 is 4.90 Å². The number of carboxylic acid groups (broad SMARTS) is 1. The summed E-state index contributed by atoms with van der Waals surface area (Å²) in [6, 6.07) is 2.60. The van der Waals surface area contributed by atoms with Crippen molar-refractivity contribution in [3.63, 3.8) is 0 Å². The van der Waals surface area contributed by atoms with Gasteiger partial charge in [0.1, 0.15) is 12.4 Å². The quantitative estimate of drug-likeness (QED) is 0.860. The molecule has 0 spiro atoms. The Morgan fingerprint density at radius 2 is 2.00 bits per heavy atom. The molecule has 2 rings (SSSR count). The summed E-state index contributed by atoms with van der Waals surface area (Å²) in [5.74, 6) is -2.27. The molecule has 1 fully saturated rings. The van der Waals surface area contributed by atoms with E-state index in [9.17, 15) is 22.4 Å². The molecule has 0 aliphatic heterocycles. The lowest BCUT2D eigenvalue weighted by Gasteiger charge is -2.26. The molecule has 0 bridgehead atoms. The Balaban J connectivity index is 2.29. The van der Waals surface area contributed by atoms with Crippen LogP contribution in [0.2, 0.25) is 0 Å². The molecule has 0 amide bonds. The highest BCUT2D eigenvalue weighted by Crippen LogP contribution is 2.35. The third kappa shape index (κ3) is 3.36. The number of hydrogen-bond donors (Lipinski definition) is 1. The van der Waals surface area contributed by atoms with Crippen molar-refractivity contribution in [2.24, 2.45) is 0 Å². The summed E-state index contributed by atoms with van der Waals surface area (Å²) in [5, 5.41) is 8.69. The van der Waals surface area contributed by atoms with Gasteiger partial charge in [-0.2, -0.15) is 13.2 Å². The van der Waals surface area contributed by atoms with Gasteiger partial charge < -0.3 is 10.0 Å². The van der Waals surface area contributed by atoms with Crippen molar-refractivity contribution in [3.05, 3.63) is 29.6 Å². The van der Waals surface area contributed by atoms with E-state index in [1.54, 1.807) is 0 Å². The number of nitrogens with zero attached hydrogens (tertiary/aromatic N) is 1. The molecular formula is C12H11F4NO2. The number of carboxylic acids is 1. The van der Waals surface area contributed by atoms with Gasteiger partial charge in [0.05, 0.1) is 11.3 Å². The number of aromatic carboxylic acids is 1. The fourth-order valence-electron chi connectivity index (χ4n) is 1.86. The maximum Gasteiger partial charge on any atom is 0.405 e. The Kier molecular flexibility index (Phi) is 3.38. The van der Waals surface area contributed by atoms with Gasteiger partial charge in [-0.15, -0.1) is 0 Å². The zero-order chi connectivity index (χ0) is 14.2. The molecule has 104 valence electrons. The maximum absolute atomic E-state index is 13.8. The number of anilines is 1. The molecule has 1 aliphatic carbocycles. The highest BCUT2D eigenvalue weighted by molar-refractivity contribution is 5.88. The smallest absolute Gasteiger partial charge is 0.405 e. The van der Waals surface area contributed by atoms with Crippen molar-refractivity contribution in [2.75, 3.05) is 11.4 Å². The Hall–Kier alpha value is -1.79. The van der Waals surface area contributed by atoms with Gasteiger partial charge in [-0.3, -0.25) is 0 Å². The average molecular weight is 277 g/mol. The minimum Gasteiger partial charge on any atom is -0.478 e. The van der Waals surface area contributed by atoms with E-state index in [0.717, 1.165) is 23.1 Å². The van der Waals surface area contributed by atoms with Crippen molar-refractivity contribution in [1.29, 1.82) is 0 Å². The predicted molar refractivity (Wildman–Crippen MR) is 59.8 cm³/mol. The SMILES string of the molecule is O=C(O)c1ccc(N(CC(F)(F)F)C2CC2)c(F)c1. The minimum atomic E-state index is -4.43. The van der Waals surface area contributed by atoms with Crippen molar-refractivity contribution in [2.45, 2.75) is 25.1 Å². The number of carbonyl (C=O) groups is 1. The lowest BCUT2D eigenvalue weighted by atomic mass is 10.2. The third-order valence-electron chi connectivity index (χ3n) is 2.84. The van der Waals surface area contributed by atoms with Gasteiger partial charge in [-0.05, 0) is 31.0 Å². The fraction of sp³-hybridized carbons (Fsp3) is 0.417. The molecule has 1 N–H and O–H groups in total. The molecule has 1 aliphatic rings. The molecule has 0 heterocycles. The van der Waals surface area contributed by atoms with Crippen molar-refractivity contribution < 1.29 is 27.5 Å². The number of benzene rings is 1. The van der Waals surface area contributed by atoms with Crippen LogP contribution in [-0.4, -0.2) is 29.8 Å². The number of rotatable bonds is 4. The molecule has 0 saturated heterocycles. The largest absolute Gasteiger partial charge is 0.478 e. The van der Waals surface area contributed by atoms with E-state index in [1.165, 1.54) is 0 Å². The first-order chi connectivity index (χ1) is 8.78. The van der Waals surface area contributed by atoms with Crippen LogP contribution in [0.1, 0.15) is 23.2 Å². The Labute approximate surface area is 106 Å². The summed E-state index contributed by atoms with van der Waals surface area (Å²) in [5.41, 5.74) is -0.492. The van der Waals surface area contributed by atoms with Crippen LogP contribution in [0.15, 0.2) is 18.2 Å². The molecule has 1 aromatic rings. The highest BCUT2D eigenvalue weighted by atomic mass is 19.4. The van der Waals surface area contributed by atoms with Crippen molar-refractivity contribution >= 4 is 11.7 Å². The average Bonchev–Trinajstić information content (AvgIpc) is 3.08. The molecule has 0 radical (unpaired) electrons. The van der Waals surface area contributed by atoms with Crippen LogP contribution >= 0.6 is 0 Å². The van der Waals surface area contributed by atoms with E-state index in [0.29, 0.717) is 12.8 Å². The van der Waals surface area contributed by atoms with Gasteiger partial charge in [0.15, 0.2) is 0 Å². The zero-order valence-corrected chi connectivity index (χ0v) is 9.75. The molecule has 3 nitrogen and oxygen atoms in total. The molecule has 1 saturated carbocycles. The molecule has 19 heavy (non-hydrogen) atoms. The second-order valence-electron chi connectivity index (χ2n) is 4.45. The van der Waals surface area contributed by atoms with Crippen molar-refractivity contribution in [3.8, 4) is 0 Å². The lowest BCUT2D eigenvalue weighted by Crippen LogP contribution is -2.36. The lowest BCUT2D eigenvalue weighted by molar-refractivity contribution is -0.120. The van der Waals surface area contributed by atoms with Gasteiger partial charge >= 0.3 is 12.1 Å². The first-order valence-electron chi connectivity index (χ1n) is 5.64. The second-order valence-corrected chi connectivity index (χ2v) is 4.45. The van der Waals surface area contributed by atoms with Crippen molar-refractivity contribution in [1.82, 2.24) is 0 Å². The molecule has 7 heteroatoms. The molecule has 0 atom stereocenters. The van der Waals surface area contributed by atoms with Gasteiger partial charge in [0.2, 0.25) is 0 Å². The number of halogens is 4. The van der Waals surface area contributed by atoms with Crippen LogP contribution in [-0.2, 0) is 0 Å². The fourth-order valence-corrected chi connectivity index (χ4v) is 1.86. The second kappa shape index (κ2) is 4.71. The predicted octanol–water partition coefficient (Wildman–Crippen LogP) is 3.06. The van der Waals surface area contributed by atoms with Crippen LogP contribution in [0, 0.1) is 5.82 Å². The highest BCUT2D eigenvalue weighted by Gasteiger charge is 2.39. The third-order valence-corrected chi connectivity index (χ3v) is 2.84. The summed E-state index contributed by atoms with van der Waals surface area (Å²) in [6.45, 7) is -1.24. The molecule has 0 unspecified atom stereocenters. The van der Waals surface area contributed by atoms with Crippen LogP contribution in [0.4, 0.5) is 23.2 Å². The maximum atomic E-state index is 13.8. The summed E-state index contributed by atoms with van der Waals surface area (Å²) < 4.78 is 51.1. The first kappa shape index (κ1) is 13.6. The van der Waals surface area contributed by atoms with Crippen LogP contribution in [0.5, 0.6) is 0 Å². The topological polar surface area (TPSA) is 40.5 Å². The Bertz CT molecular complexity index is 497. The summed E-state index contributed by atoms with van der Waals surface area (Å²) in [7, 11) is 0. The zero-order valence-electron chi connectivity index (χ0n) is 9.75. The van der Waals surface area contributed by atoms with E-state index in [2.05, 4.69) is 0 Å². The normalized spacial score (nSPS) is 15.4. The van der Waals surface area contributed by atoms with Gasteiger partial charge in [0, 0.05) is 6.04 Å². The van der Waals surface area contributed by atoms with Gasteiger partial charge in [-0.25, -0.2) is 9.18 Å². The van der Waals surface area contributed by atoms with E-state index in [4.69, 9.17) is 5.11 Å². The molecule has 0 aromatic heterocycles. The van der Waals surface area contributed by atoms with E-state index in [1.807, 2.05) is 0 Å². The summed E-state index contributed by atoms with van der Waals surface area (Å²) >= 11 is 0. The summed E-state index contributed by atoms with van der Waals surface area (Å²) in [4.78, 5) is 11.6. The van der Waals surface area contributed by atoms with E-state index in [-0.39, 0.29) is 17.3 Å². The van der Waals surface area contributed by atoms with E-state index < -0.39 is 24.5 Å². The van der Waals surface area contributed by atoms with Gasteiger partial charge in [0.25, 0.3) is 0 Å². The minimum absolute atomic E-state index is 0.204.